The molecule has 12 heavy (non-hydrogen) atoms. The highest BCUT2D eigenvalue weighted by atomic mass is 16.5. The number of ether oxygens (including phenoxy) is 1. The molecule has 2 N–H and O–H groups in total. The van der Waals surface area contributed by atoms with E-state index in [1.165, 1.54) is 12.5 Å². The molecule has 1 atom stereocenters. The number of carbonyl (C=O) groups excluding carboxylic acids is 1. The second-order valence-electron chi connectivity index (χ2n) is 2.43. The molecule has 0 aromatic heterocycles. The molecule has 0 fully saturated rings. The Morgan fingerprint density at radius 1 is 1.75 bits per heavy atom. The lowest BCUT2D eigenvalue weighted by molar-refractivity contribution is -0.121. The molecule has 2 aliphatic rings. The third-order valence-electron chi connectivity index (χ3n) is 1.65. The van der Waals surface area contributed by atoms with Gasteiger partial charge in [-0.2, -0.15) is 0 Å². The standard InChI is InChI=1S/C7H7N3O2/c8-6(11)7-9-3-5-4-12-2-1-10(5)7/h1-4,7H,(H2,8,11). The average molecular weight is 165 g/mol. The predicted octanol–water partition coefficient (Wildman–Crippen LogP) is -0.473. The third kappa shape index (κ3) is 0.868. The second-order valence-corrected chi connectivity index (χ2v) is 2.43. The zero-order valence-corrected chi connectivity index (χ0v) is 6.18. The molecule has 5 heteroatoms. The Kier molecular flexibility index (Phi) is 1.36. The SMILES string of the molecule is NC(=O)C1N=CC2=COC=CN21. The van der Waals surface area contributed by atoms with E-state index in [1.54, 1.807) is 17.3 Å². The van der Waals surface area contributed by atoms with Crippen molar-refractivity contribution < 1.29 is 9.53 Å². The van der Waals surface area contributed by atoms with Crippen molar-refractivity contribution in [2.75, 3.05) is 0 Å². The summed E-state index contributed by atoms with van der Waals surface area (Å²) in [5.41, 5.74) is 5.85. The van der Waals surface area contributed by atoms with E-state index < -0.39 is 12.1 Å². The Bertz CT molecular complexity index is 306. The molecular formula is C7H7N3O2. The van der Waals surface area contributed by atoms with Gasteiger partial charge in [-0.25, -0.2) is 0 Å². The number of primary amides is 1. The van der Waals surface area contributed by atoms with E-state index in [-0.39, 0.29) is 0 Å². The molecule has 2 heterocycles. The zero-order valence-electron chi connectivity index (χ0n) is 6.18. The third-order valence-corrected chi connectivity index (χ3v) is 1.65. The molecule has 2 rings (SSSR count). The Balaban J connectivity index is 2.28. The molecule has 0 aromatic carbocycles. The summed E-state index contributed by atoms with van der Waals surface area (Å²) in [7, 11) is 0. The van der Waals surface area contributed by atoms with Crippen LogP contribution in [0.2, 0.25) is 0 Å². The molecule has 62 valence electrons. The zero-order chi connectivity index (χ0) is 8.55. The monoisotopic (exact) mass is 165 g/mol. The topological polar surface area (TPSA) is 67.9 Å². The summed E-state index contributed by atoms with van der Waals surface area (Å²) in [4.78, 5) is 16.4. The molecule has 0 radical (unpaired) electrons. The van der Waals surface area contributed by atoms with Gasteiger partial charge >= 0.3 is 0 Å². The number of fused-ring (bicyclic) bond motifs is 1. The Labute approximate surface area is 68.8 Å². The summed E-state index contributed by atoms with van der Waals surface area (Å²) in [6.45, 7) is 0. The molecule has 5 nitrogen and oxygen atoms in total. The lowest BCUT2D eigenvalue weighted by Crippen LogP contribution is -2.37. The number of hydrogen-bond acceptors (Lipinski definition) is 4. The van der Waals surface area contributed by atoms with Crippen LogP contribution >= 0.6 is 0 Å². The van der Waals surface area contributed by atoms with Crippen molar-refractivity contribution in [3.05, 3.63) is 24.4 Å². The van der Waals surface area contributed by atoms with E-state index >= 15 is 0 Å². The Hall–Kier alpha value is -1.78. The summed E-state index contributed by atoms with van der Waals surface area (Å²) in [6, 6.07) is 0. The fraction of sp³-hybridized carbons (Fsp3) is 0.143. The largest absolute Gasteiger partial charge is 0.469 e. The van der Waals surface area contributed by atoms with Crippen molar-refractivity contribution in [1.29, 1.82) is 0 Å². The maximum Gasteiger partial charge on any atom is 0.263 e. The van der Waals surface area contributed by atoms with Crippen LogP contribution in [0.25, 0.3) is 0 Å². The van der Waals surface area contributed by atoms with Crippen molar-refractivity contribution in [3.8, 4) is 0 Å². The lowest BCUT2D eigenvalue weighted by Gasteiger charge is -2.21. The molecule has 1 unspecified atom stereocenters. The molecule has 1 amide bonds. The van der Waals surface area contributed by atoms with Crippen LogP contribution in [0, 0.1) is 0 Å². The van der Waals surface area contributed by atoms with Gasteiger partial charge in [0.2, 0.25) is 6.17 Å². The smallest absolute Gasteiger partial charge is 0.263 e. The minimum atomic E-state index is -0.614. The van der Waals surface area contributed by atoms with E-state index in [0.29, 0.717) is 0 Å². The summed E-state index contributed by atoms with van der Waals surface area (Å²) >= 11 is 0. The van der Waals surface area contributed by atoms with E-state index in [2.05, 4.69) is 4.99 Å². The quantitative estimate of drug-likeness (QED) is 0.571. The fourth-order valence-corrected chi connectivity index (χ4v) is 1.11. The molecule has 0 saturated carbocycles. The van der Waals surface area contributed by atoms with Gasteiger partial charge in [-0.3, -0.25) is 9.79 Å². The molecule has 0 spiro atoms. The fourth-order valence-electron chi connectivity index (χ4n) is 1.11. The summed E-state index contributed by atoms with van der Waals surface area (Å²) in [5.74, 6) is -0.471. The van der Waals surface area contributed by atoms with Crippen LogP contribution in [0.15, 0.2) is 29.4 Å². The van der Waals surface area contributed by atoms with E-state index in [4.69, 9.17) is 10.5 Å². The predicted molar refractivity (Wildman–Crippen MR) is 41.6 cm³/mol. The van der Waals surface area contributed by atoms with Gasteiger partial charge in [0.05, 0.1) is 11.9 Å². The number of nitrogens with two attached hydrogens (primary N) is 1. The summed E-state index contributed by atoms with van der Waals surface area (Å²) in [5, 5.41) is 0. The lowest BCUT2D eigenvalue weighted by atomic mass is 10.4. The number of aliphatic imine (C=N–C) groups is 1. The number of nitrogens with zero attached hydrogens (tertiary/aromatic N) is 2. The molecule has 0 aromatic rings. The van der Waals surface area contributed by atoms with E-state index in [9.17, 15) is 4.79 Å². The number of hydrogen-bond donors (Lipinski definition) is 1. The van der Waals surface area contributed by atoms with Gasteiger partial charge in [-0.15, -0.1) is 0 Å². The number of allylic oxidation sites excluding steroid dienone is 1. The first-order valence-electron chi connectivity index (χ1n) is 3.42. The minimum Gasteiger partial charge on any atom is -0.469 e. The maximum atomic E-state index is 10.8. The van der Waals surface area contributed by atoms with Crippen LogP contribution in [0.5, 0.6) is 0 Å². The van der Waals surface area contributed by atoms with Gasteiger partial charge in [-0.05, 0) is 0 Å². The minimum absolute atomic E-state index is 0.471. The highest BCUT2D eigenvalue weighted by Gasteiger charge is 2.28. The van der Waals surface area contributed by atoms with Gasteiger partial charge in [0.15, 0.2) is 0 Å². The van der Waals surface area contributed by atoms with Gasteiger partial charge < -0.3 is 15.4 Å². The van der Waals surface area contributed by atoms with Crippen molar-refractivity contribution in [2.45, 2.75) is 6.17 Å². The molecule has 2 aliphatic heterocycles. The highest BCUT2D eigenvalue weighted by Crippen LogP contribution is 2.19. The van der Waals surface area contributed by atoms with Crippen LogP contribution in [0.1, 0.15) is 0 Å². The van der Waals surface area contributed by atoms with Gasteiger partial charge in [0.25, 0.3) is 5.91 Å². The number of amides is 1. The van der Waals surface area contributed by atoms with Crippen LogP contribution in [0.4, 0.5) is 0 Å². The van der Waals surface area contributed by atoms with Crippen LogP contribution in [-0.4, -0.2) is 23.2 Å². The van der Waals surface area contributed by atoms with Crippen LogP contribution in [-0.2, 0) is 9.53 Å². The van der Waals surface area contributed by atoms with E-state index in [1.807, 2.05) is 0 Å². The number of rotatable bonds is 1. The van der Waals surface area contributed by atoms with Crippen molar-refractivity contribution in [2.24, 2.45) is 10.7 Å². The first-order chi connectivity index (χ1) is 5.79. The van der Waals surface area contributed by atoms with Gasteiger partial charge in [0, 0.05) is 6.20 Å². The maximum absolute atomic E-state index is 10.8. The second kappa shape index (κ2) is 2.37. The Morgan fingerprint density at radius 3 is 3.33 bits per heavy atom. The van der Waals surface area contributed by atoms with Crippen molar-refractivity contribution in [1.82, 2.24) is 4.90 Å². The first kappa shape index (κ1) is 6.90. The van der Waals surface area contributed by atoms with Gasteiger partial charge in [0.1, 0.15) is 12.5 Å². The molecular weight excluding hydrogens is 158 g/mol. The molecule has 0 aliphatic carbocycles. The average Bonchev–Trinajstić information content (AvgIpc) is 2.47. The molecule has 0 saturated heterocycles. The normalized spacial score (nSPS) is 24.8. The number of carbonyl (C=O) groups is 1. The molecule has 0 bridgehead atoms. The Morgan fingerprint density at radius 2 is 2.58 bits per heavy atom. The summed E-state index contributed by atoms with van der Waals surface area (Å²) < 4.78 is 4.88. The highest BCUT2D eigenvalue weighted by molar-refractivity contribution is 5.89. The summed E-state index contributed by atoms with van der Waals surface area (Å²) in [6.07, 6.45) is 5.54. The van der Waals surface area contributed by atoms with Crippen LogP contribution < -0.4 is 5.73 Å². The van der Waals surface area contributed by atoms with Crippen molar-refractivity contribution >= 4 is 12.1 Å². The van der Waals surface area contributed by atoms with E-state index in [0.717, 1.165) is 5.70 Å². The van der Waals surface area contributed by atoms with Crippen molar-refractivity contribution in [3.63, 3.8) is 0 Å². The van der Waals surface area contributed by atoms with Crippen LogP contribution in [0.3, 0.4) is 0 Å². The first-order valence-corrected chi connectivity index (χ1v) is 3.42. The van der Waals surface area contributed by atoms with Gasteiger partial charge in [-0.1, -0.05) is 0 Å².